The molecule has 0 bridgehead atoms. The van der Waals surface area contributed by atoms with Gasteiger partial charge in [0.2, 0.25) is 5.91 Å². The Kier molecular flexibility index (Phi) is 4.98. The smallest absolute Gasteiger partial charge is 0.273 e. The van der Waals surface area contributed by atoms with Crippen LogP contribution in [0.1, 0.15) is 25.8 Å². The second kappa shape index (κ2) is 6.48. The van der Waals surface area contributed by atoms with Gasteiger partial charge in [0.25, 0.3) is 5.69 Å². The largest absolute Gasteiger partial charge is 0.278 e. The van der Waals surface area contributed by atoms with Crippen molar-refractivity contribution in [2.24, 2.45) is 11.0 Å². The molecule has 1 aromatic rings. The minimum Gasteiger partial charge on any atom is -0.273 e. The molecule has 0 aliphatic carbocycles. The molecule has 0 saturated carbocycles. The van der Waals surface area contributed by atoms with Crippen LogP contribution in [0.3, 0.4) is 0 Å². The van der Waals surface area contributed by atoms with E-state index in [1.54, 1.807) is 18.2 Å². The van der Waals surface area contributed by atoms with Gasteiger partial charge in [-0.05, 0) is 12.0 Å². The molecule has 6 nitrogen and oxygen atoms in total. The van der Waals surface area contributed by atoms with Crippen LogP contribution in [0.5, 0.6) is 0 Å². The van der Waals surface area contributed by atoms with Gasteiger partial charge in [-0.3, -0.25) is 14.9 Å². The van der Waals surface area contributed by atoms with Gasteiger partial charge in [0, 0.05) is 12.5 Å². The number of rotatable bonds is 5. The van der Waals surface area contributed by atoms with Crippen LogP contribution < -0.4 is 5.43 Å². The van der Waals surface area contributed by atoms with Crippen LogP contribution in [0.15, 0.2) is 29.4 Å². The van der Waals surface area contributed by atoms with E-state index in [9.17, 15) is 14.9 Å². The summed E-state index contributed by atoms with van der Waals surface area (Å²) < 4.78 is 0. The molecule has 0 spiro atoms. The number of nitro benzene ring substituents is 1. The number of nitrogens with one attached hydrogen (secondary N) is 1. The molecule has 1 N–H and O–H groups in total. The lowest BCUT2D eigenvalue weighted by molar-refractivity contribution is -0.385. The zero-order valence-corrected chi connectivity index (χ0v) is 10.3. The molecular formula is C12H15N3O3. The lowest BCUT2D eigenvalue weighted by Crippen LogP contribution is -2.19. The summed E-state index contributed by atoms with van der Waals surface area (Å²) >= 11 is 0. The molecule has 1 aromatic carbocycles. The summed E-state index contributed by atoms with van der Waals surface area (Å²) in [5, 5.41) is 14.4. The molecule has 0 aliphatic rings. The summed E-state index contributed by atoms with van der Waals surface area (Å²) in [7, 11) is 0. The molecule has 0 atom stereocenters. The quantitative estimate of drug-likeness (QED) is 0.492. The summed E-state index contributed by atoms with van der Waals surface area (Å²) in [6, 6.07) is 6.20. The normalized spacial score (nSPS) is 10.8. The first-order valence-electron chi connectivity index (χ1n) is 5.56. The summed E-state index contributed by atoms with van der Waals surface area (Å²) in [6.07, 6.45) is 1.64. The summed E-state index contributed by atoms with van der Waals surface area (Å²) in [5.74, 6) is 0.0334. The third kappa shape index (κ3) is 4.32. The van der Waals surface area contributed by atoms with Gasteiger partial charge in [0.15, 0.2) is 0 Å². The molecule has 1 amide bonds. The van der Waals surface area contributed by atoms with Gasteiger partial charge in [-0.1, -0.05) is 26.0 Å². The summed E-state index contributed by atoms with van der Waals surface area (Å²) in [5.41, 5.74) is 2.65. The van der Waals surface area contributed by atoms with Crippen molar-refractivity contribution in [3.05, 3.63) is 39.9 Å². The van der Waals surface area contributed by atoms with E-state index in [-0.39, 0.29) is 17.5 Å². The maximum absolute atomic E-state index is 11.3. The van der Waals surface area contributed by atoms with Crippen LogP contribution >= 0.6 is 0 Å². The number of nitro groups is 1. The highest BCUT2D eigenvalue weighted by atomic mass is 16.6. The van der Waals surface area contributed by atoms with Crippen LogP contribution in [0.2, 0.25) is 0 Å². The van der Waals surface area contributed by atoms with Gasteiger partial charge in [-0.2, -0.15) is 5.10 Å². The standard InChI is InChI=1S/C12H15N3O3/c1-9(2)7-12(16)14-13-8-10-5-3-4-6-11(10)15(17)18/h3-6,8-9H,7H2,1-2H3,(H,14,16)/b13-8+. The van der Waals surface area contributed by atoms with Gasteiger partial charge in [-0.15, -0.1) is 0 Å². The molecule has 0 saturated heterocycles. The lowest BCUT2D eigenvalue weighted by Gasteiger charge is -2.02. The Hall–Kier alpha value is -2.24. The Morgan fingerprint density at radius 1 is 1.50 bits per heavy atom. The van der Waals surface area contributed by atoms with E-state index in [0.29, 0.717) is 12.0 Å². The van der Waals surface area contributed by atoms with Crippen molar-refractivity contribution in [2.75, 3.05) is 0 Å². The molecule has 0 aromatic heterocycles. The van der Waals surface area contributed by atoms with Crippen LogP contribution in [-0.2, 0) is 4.79 Å². The highest BCUT2D eigenvalue weighted by Gasteiger charge is 2.10. The third-order valence-corrected chi connectivity index (χ3v) is 2.12. The first kappa shape index (κ1) is 13.8. The molecule has 0 unspecified atom stereocenters. The van der Waals surface area contributed by atoms with E-state index in [2.05, 4.69) is 10.5 Å². The Morgan fingerprint density at radius 3 is 2.78 bits per heavy atom. The Bertz CT molecular complexity index is 469. The summed E-state index contributed by atoms with van der Waals surface area (Å²) in [4.78, 5) is 21.5. The highest BCUT2D eigenvalue weighted by molar-refractivity contribution is 5.86. The zero-order valence-electron chi connectivity index (χ0n) is 10.3. The topological polar surface area (TPSA) is 84.6 Å². The van der Waals surface area contributed by atoms with Crippen molar-refractivity contribution >= 4 is 17.8 Å². The number of carbonyl (C=O) groups is 1. The number of hydrazone groups is 1. The molecule has 6 heteroatoms. The predicted molar refractivity (Wildman–Crippen MR) is 68.3 cm³/mol. The van der Waals surface area contributed by atoms with Gasteiger partial charge >= 0.3 is 0 Å². The van der Waals surface area contributed by atoms with Gasteiger partial charge in [0.05, 0.1) is 16.7 Å². The van der Waals surface area contributed by atoms with Crippen molar-refractivity contribution in [3.8, 4) is 0 Å². The molecule has 96 valence electrons. The van der Waals surface area contributed by atoms with Crippen LogP contribution in [0.25, 0.3) is 0 Å². The second-order valence-electron chi connectivity index (χ2n) is 4.21. The average molecular weight is 249 g/mol. The van der Waals surface area contributed by atoms with E-state index in [1.807, 2.05) is 13.8 Å². The van der Waals surface area contributed by atoms with Crippen molar-refractivity contribution in [3.63, 3.8) is 0 Å². The number of hydrogen-bond donors (Lipinski definition) is 1. The molecule has 0 heterocycles. The van der Waals surface area contributed by atoms with Crippen LogP contribution in [0, 0.1) is 16.0 Å². The third-order valence-electron chi connectivity index (χ3n) is 2.12. The number of para-hydroxylation sites is 1. The molecule has 1 rings (SSSR count). The average Bonchev–Trinajstić information content (AvgIpc) is 2.28. The monoisotopic (exact) mass is 249 g/mol. The minimum absolute atomic E-state index is 0.0423. The van der Waals surface area contributed by atoms with Crippen molar-refractivity contribution in [1.82, 2.24) is 5.43 Å². The number of hydrogen-bond acceptors (Lipinski definition) is 4. The number of amides is 1. The van der Waals surface area contributed by atoms with Crippen molar-refractivity contribution in [1.29, 1.82) is 0 Å². The van der Waals surface area contributed by atoms with E-state index in [4.69, 9.17) is 0 Å². The van der Waals surface area contributed by atoms with Gasteiger partial charge in [0.1, 0.15) is 0 Å². The first-order chi connectivity index (χ1) is 8.50. The van der Waals surface area contributed by atoms with Gasteiger partial charge in [-0.25, -0.2) is 5.43 Å². The molecule has 18 heavy (non-hydrogen) atoms. The van der Waals surface area contributed by atoms with E-state index < -0.39 is 4.92 Å². The Labute approximate surface area is 105 Å². The molecule has 0 radical (unpaired) electrons. The van der Waals surface area contributed by atoms with E-state index >= 15 is 0 Å². The fraction of sp³-hybridized carbons (Fsp3) is 0.333. The Morgan fingerprint density at radius 2 is 2.17 bits per heavy atom. The first-order valence-corrected chi connectivity index (χ1v) is 5.56. The van der Waals surface area contributed by atoms with E-state index in [0.717, 1.165) is 0 Å². The SMILES string of the molecule is CC(C)CC(=O)N/N=C/c1ccccc1[N+](=O)[O-]. The second-order valence-corrected chi connectivity index (χ2v) is 4.21. The highest BCUT2D eigenvalue weighted by Crippen LogP contribution is 2.14. The maximum Gasteiger partial charge on any atom is 0.278 e. The lowest BCUT2D eigenvalue weighted by atomic mass is 10.1. The fourth-order valence-corrected chi connectivity index (χ4v) is 1.35. The van der Waals surface area contributed by atoms with Crippen molar-refractivity contribution in [2.45, 2.75) is 20.3 Å². The Balaban J connectivity index is 2.68. The number of nitrogens with zero attached hydrogens (tertiary/aromatic N) is 2. The van der Waals surface area contributed by atoms with Crippen molar-refractivity contribution < 1.29 is 9.72 Å². The van der Waals surface area contributed by atoms with Gasteiger partial charge < -0.3 is 0 Å². The maximum atomic E-state index is 11.3. The van der Waals surface area contributed by atoms with Crippen LogP contribution in [0.4, 0.5) is 5.69 Å². The molecular weight excluding hydrogens is 234 g/mol. The predicted octanol–water partition coefficient (Wildman–Crippen LogP) is 2.09. The number of carbonyl (C=O) groups excluding carboxylic acids is 1. The van der Waals surface area contributed by atoms with Crippen LogP contribution in [-0.4, -0.2) is 17.0 Å². The minimum atomic E-state index is -0.489. The zero-order chi connectivity index (χ0) is 13.5. The molecule has 0 fully saturated rings. The number of benzene rings is 1. The summed E-state index contributed by atoms with van der Waals surface area (Å²) in [6.45, 7) is 3.84. The van der Waals surface area contributed by atoms with E-state index in [1.165, 1.54) is 12.3 Å². The fourth-order valence-electron chi connectivity index (χ4n) is 1.35. The molecule has 0 aliphatic heterocycles.